The number of nitrogens with one attached hydrogen (secondary N) is 1. The predicted octanol–water partition coefficient (Wildman–Crippen LogP) is 2.65. The second-order valence-electron chi connectivity index (χ2n) is 6.31. The fraction of sp³-hybridized carbons (Fsp3) is 0.444. The fourth-order valence-corrected chi connectivity index (χ4v) is 3.15. The highest BCUT2D eigenvalue weighted by Crippen LogP contribution is 2.29. The van der Waals surface area contributed by atoms with E-state index in [0.717, 1.165) is 31.2 Å². The van der Waals surface area contributed by atoms with E-state index in [0.29, 0.717) is 17.5 Å². The average molecular weight is 343 g/mol. The molecule has 0 bridgehead atoms. The Hall–Kier alpha value is -2.70. The van der Waals surface area contributed by atoms with E-state index in [2.05, 4.69) is 15.5 Å². The summed E-state index contributed by atoms with van der Waals surface area (Å²) in [6.07, 6.45) is 4.01. The van der Waals surface area contributed by atoms with Gasteiger partial charge in [0.25, 0.3) is 0 Å². The van der Waals surface area contributed by atoms with Gasteiger partial charge in [0.15, 0.2) is 0 Å². The molecule has 1 aliphatic rings. The molecule has 1 amide bonds. The summed E-state index contributed by atoms with van der Waals surface area (Å²) < 4.78 is 10.4. The van der Waals surface area contributed by atoms with Gasteiger partial charge < -0.3 is 14.6 Å². The second-order valence-corrected chi connectivity index (χ2v) is 6.31. The monoisotopic (exact) mass is 343 g/mol. The minimum atomic E-state index is -0.598. The number of esters is 1. The number of rotatable bonds is 5. The molecule has 7 heteroatoms. The number of nitrogens with zero attached hydrogens (tertiary/aromatic N) is 2. The van der Waals surface area contributed by atoms with Crippen LogP contribution in [0.25, 0.3) is 11.4 Å². The number of aromatic nitrogens is 2. The summed E-state index contributed by atoms with van der Waals surface area (Å²) in [7, 11) is 0. The van der Waals surface area contributed by atoms with E-state index in [1.54, 1.807) is 31.2 Å². The molecular formula is C18H21N3O4. The molecule has 3 rings (SSSR count). The Morgan fingerprint density at radius 1 is 1.24 bits per heavy atom. The van der Waals surface area contributed by atoms with Crippen molar-refractivity contribution in [2.24, 2.45) is 5.92 Å². The summed E-state index contributed by atoms with van der Waals surface area (Å²) in [5.41, 5.74) is 0.769. The molecule has 0 saturated heterocycles. The lowest BCUT2D eigenvalue weighted by Gasteiger charge is -2.22. The Labute approximate surface area is 145 Å². The predicted molar refractivity (Wildman–Crippen MR) is 89.7 cm³/mol. The van der Waals surface area contributed by atoms with Crippen molar-refractivity contribution in [2.45, 2.75) is 45.6 Å². The van der Waals surface area contributed by atoms with E-state index in [4.69, 9.17) is 9.26 Å². The van der Waals surface area contributed by atoms with Gasteiger partial charge in [-0.25, -0.2) is 4.79 Å². The fourth-order valence-electron chi connectivity index (χ4n) is 3.15. The lowest BCUT2D eigenvalue weighted by atomic mass is 9.98. The molecule has 132 valence electrons. The number of amides is 1. The van der Waals surface area contributed by atoms with E-state index in [9.17, 15) is 9.59 Å². The molecular weight excluding hydrogens is 322 g/mol. The van der Waals surface area contributed by atoms with E-state index >= 15 is 0 Å². The van der Waals surface area contributed by atoms with Crippen molar-refractivity contribution < 1.29 is 18.8 Å². The third kappa shape index (κ3) is 4.23. The standard InChI is InChI=1S/C18H21N3O4/c1-11(22)19-16(13-5-3-4-6-13)18(23)24-15-9-7-14(8-10-15)17-20-12(2)25-21-17/h7-10,13,16H,3-6H2,1-2H3,(H,19,22). The molecule has 1 unspecified atom stereocenters. The molecule has 1 fully saturated rings. The van der Waals surface area contributed by atoms with Crippen LogP contribution in [-0.2, 0) is 9.59 Å². The molecule has 0 radical (unpaired) electrons. The molecule has 2 aromatic rings. The number of hydrogen-bond acceptors (Lipinski definition) is 6. The molecule has 1 heterocycles. The van der Waals surface area contributed by atoms with Gasteiger partial charge in [-0.1, -0.05) is 18.0 Å². The van der Waals surface area contributed by atoms with Crippen molar-refractivity contribution in [1.29, 1.82) is 0 Å². The zero-order chi connectivity index (χ0) is 17.8. The Bertz CT molecular complexity index is 748. The maximum atomic E-state index is 12.5. The van der Waals surface area contributed by atoms with Gasteiger partial charge >= 0.3 is 5.97 Å². The molecule has 1 aromatic carbocycles. The van der Waals surface area contributed by atoms with Crippen LogP contribution in [0.3, 0.4) is 0 Å². The van der Waals surface area contributed by atoms with Gasteiger partial charge in [-0.3, -0.25) is 4.79 Å². The van der Waals surface area contributed by atoms with Crippen molar-refractivity contribution >= 4 is 11.9 Å². The SMILES string of the molecule is CC(=O)NC(C(=O)Oc1ccc(-c2noc(C)n2)cc1)C1CCCC1. The first-order valence-corrected chi connectivity index (χ1v) is 8.42. The van der Waals surface area contributed by atoms with Crippen LogP contribution in [0, 0.1) is 12.8 Å². The van der Waals surface area contributed by atoms with Crippen molar-refractivity contribution in [3.05, 3.63) is 30.2 Å². The Morgan fingerprint density at radius 3 is 2.48 bits per heavy atom. The first-order valence-electron chi connectivity index (χ1n) is 8.42. The van der Waals surface area contributed by atoms with Crippen LogP contribution in [0.4, 0.5) is 0 Å². The summed E-state index contributed by atoms with van der Waals surface area (Å²) in [5.74, 6) is 0.875. The zero-order valence-corrected chi connectivity index (χ0v) is 14.3. The highest BCUT2D eigenvalue weighted by atomic mass is 16.5. The van der Waals surface area contributed by atoms with Crippen molar-refractivity contribution in [3.8, 4) is 17.1 Å². The third-order valence-corrected chi connectivity index (χ3v) is 4.34. The smallest absolute Gasteiger partial charge is 0.334 e. The second kappa shape index (κ2) is 7.46. The van der Waals surface area contributed by atoms with Gasteiger partial charge in [-0.15, -0.1) is 0 Å². The van der Waals surface area contributed by atoms with E-state index in [1.807, 2.05) is 0 Å². The van der Waals surface area contributed by atoms with E-state index in [1.165, 1.54) is 6.92 Å². The summed E-state index contributed by atoms with van der Waals surface area (Å²) in [5, 5.41) is 6.58. The van der Waals surface area contributed by atoms with Crippen LogP contribution in [0.5, 0.6) is 5.75 Å². The molecule has 7 nitrogen and oxygen atoms in total. The number of ether oxygens (including phenoxy) is 1. The van der Waals surface area contributed by atoms with Crippen LogP contribution < -0.4 is 10.1 Å². The van der Waals surface area contributed by atoms with Gasteiger partial charge in [0, 0.05) is 19.4 Å². The Kier molecular flexibility index (Phi) is 5.11. The third-order valence-electron chi connectivity index (χ3n) is 4.34. The number of carbonyl (C=O) groups excluding carboxylic acids is 2. The number of benzene rings is 1. The summed E-state index contributed by atoms with van der Waals surface area (Å²) in [6, 6.07) is 6.28. The Balaban J connectivity index is 1.69. The molecule has 1 aromatic heterocycles. The molecule has 0 spiro atoms. The first-order chi connectivity index (χ1) is 12.0. The van der Waals surface area contributed by atoms with Crippen molar-refractivity contribution in [3.63, 3.8) is 0 Å². The van der Waals surface area contributed by atoms with Gasteiger partial charge in [0.2, 0.25) is 17.6 Å². The molecule has 25 heavy (non-hydrogen) atoms. The van der Waals surface area contributed by atoms with Gasteiger partial charge in [-0.05, 0) is 43.0 Å². The minimum absolute atomic E-state index is 0.137. The highest BCUT2D eigenvalue weighted by Gasteiger charge is 2.32. The maximum absolute atomic E-state index is 12.5. The van der Waals surface area contributed by atoms with Crippen molar-refractivity contribution in [1.82, 2.24) is 15.5 Å². The molecule has 1 saturated carbocycles. The summed E-state index contributed by atoms with van der Waals surface area (Å²) >= 11 is 0. The highest BCUT2D eigenvalue weighted by molar-refractivity contribution is 5.84. The number of carbonyl (C=O) groups is 2. The van der Waals surface area contributed by atoms with Crippen LogP contribution in [0.1, 0.15) is 38.5 Å². The van der Waals surface area contributed by atoms with Crippen LogP contribution >= 0.6 is 0 Å². The molecule has 0 aliphatic heterocycles. The van der Waals surface area contributed by atoms with Crippen molar-refractivity contribution in [2.75, 3.05) is 0 Å². The summed E-state index contributed by atoms with van der Waals surface area (Å²) in [4.78, 5) is 28.1. The average Bonchev–Trinajstić information content (AvgIpc) is 3.25. The Morgan fingerprint density at radius 2 is 1.92 bits per heavy atom. The van der Waals surface area contributed by atoms with Crippen LogP contribution in [-0.4, -0.2) is 28.1 Å². The quantitative estimate of drug-likeness (QED) is 0.662. The first kappa shape index (κ1) is 17.1. The van der Waals surface area contributed by atoms with Crippen LogP contribution in [0.15, 0.2) is 28.8 Å². The minimum Gasteiger partial charge on any atom is -0.425 e. The topological polar surface area (TPSA) is 94.3 Å². The normalized spacial score (nSPS) is 15.8. The van der Waals surface area contributed by atoms with Crippen LogP contribution in [0.2, 0.25) is 0 Å². The molecule has 1 atom stereocenters. The lowest BCUT2D eigenvalue weighted by Crippen LogP contribution is -2.46. The van der Waals surface area contributed by atoms with E-state index in [-0.39, 0.29) is 11.8 Å². The lowest BCUT2D eigenvalue weighted by molar-refractivity contribution is -0.140. The summed E-state index contributed by atoms with van der Waals surface area (Å²) in [6.45, 7) is 3.13. The van der Waals surface area contributed by atoms with Gasteiger partial charge in [0.05, 0.1) is 0 Å². The van der Waals surface area contributed by atoms with Gasteiger partial charge in [-0.2, -0.15) is 4.98 Å². The largest absolute Gasteiger partial charge is 0.425 e. The molecule has 1 N–H and O–H groups in total. The molecule has 1 aliphatic carbocycles. The number of hydrogen-bond donors (Lipinski definition) is 1. The van der Waals surface area contributed by atoms with Gasteiger partial charge in [0.1, 0.15) is 11.8 Å². The zero-order valence-electron chi connectivity index (χ0n) is 14.3. The number of aryl methyl sites for hydroxylation is 1. The maximum Gasteiger partial charge on any atom is 0.334 e. The van der Waals surface area contributed by atoms with E-state index < -0.39 is 12.0 Å².